The summed E-state index contributed by atoms with van der Waals surface area (Å²) in [6.45, 7) is 2.02. The van der Waals surface area contributed by atoms with Crippen LogP contribution in [0, 0.1) is 0 Å². The Labute approximate surface area is 83.9 Å². The summed E-state index contributed by atoms with van der Waals surface area (Å²) < 4.78 is 0. The Morgan fingerprint density at radius 2 is 2.15 bits per heavy atom. The largest absolute Gasteiger partial charge is 0.324 e. The van der Waals surface area contributed by atoms with Crippen molar-refractivity contribution in [3.8, 4) is 0 Å². The maximum absolute atomic E-state index is 6.02. The topological polar surface area (TPSA) is 26.0 Å². The van der Waals surface area contributed by atoms with Crippen molar-refractivity contribution in [2.24, 2.45) is 5.73 Å². The van der Waals surface area contributed by atoms with Crippen LogP contribution in [0.25, 0.3) is 0 Å². The first-order valence-electron chi connectivity index (χ1n) is 4.75. The minimum Gasteiger partial charge on any atom is -0.324 e. The first-order valence-corrected chi connectivity index (χ1v) is 5.13. The molecule has 0 saturated carbocycles. The normalized spacial score (nSPS) is 17.2. The van der Waals surface area contributed by atoms with Gasteiger partial charge in [-0.3, -0.25) is 0 Å². The summed E-state index contributed by atoms with van der Waals surface area (Å²) in [5.41, 5.74) is 9.98. The van der Waals surface area contributed by atoms with Crippen LogP contribution in [0.3, 0.4) is 0 Å². The molecular formula is C11H14ClN. The van der Waals surface area contributed by atoms with Gasteiger partial charge in [0, 0.05) is 11.1 Å². The van der Waals surface area contributed by atoms with Gasteiger partial charge in [0.1, 0.15) is 0 Å². The van der Waals surface area contributed by atoms with Crippen molar-refractivity contribution in [3.63, 3.8) is 0 Å². The molecule has 2 rings (SSSR count). The Kier molecular flexibility index (Phi) is 2.31. The fraction of sp³-hybridized carbons (Fsp3) is 0.455. The van der Waals surface area contributed by atoms with Gasteiger partial charge in [0.2, 0.25) is 0 Å². The second kappa shape index (κ2) is 3.32. The van der Waals surface area contributed by atoms with Gasteiger partial charge in [0.05, 0.1) is 0 Å². The number of hydrogen-bond donors (Lipinski definition) is 1. The molecule has 0 spiro atoms. The lowest BCUT2D eigenvalue weighted by molar-refractivity contribution is 0.799. The molecule has 1 atom stereocenters. The van der Waals surface area contributed by atoms with Gasteiger partial charge >= 0.3 is 0 Å². The summed E-state index contributed by atoms with van der Waals surface area (Å²) in [7, 11) is 0. The number of benzene rings is 1. The lowest BCUT2D eigenvalue weighted by Gasteiger charge is -2.12. The third-order valence-electron chi connectivity index (χ3n) is 2.71. The second-order valence-corrected chi connectivity index (χ2v) is 4.21. The van der Waals surface area contributed by atoms with E-state index in [1.165, 1.54) is 29.5 Å². The van der Waals surface area contributed by atoms with Crippen molar-refractivity contribution in [2.75, 3.05) is 0 Å². The third-order valence-corrected chi connectivity index (χ3v) is 2.92. The molecule has 0 bridgehead atoms. The summed E-state index contributed by atoms with van der Waals surface area (Å²) in [6.07, 6.45) is 3.58. The lowest BCUT2D eigenvalue weighted by Crippen LogP contribution is -2.08. The van der Waals surface area contributed by atoms with Crippen LogP contribution in [-0.4, -0.2) is 0 Å². The number of hydrogen-bond acceptors (Lipinski definition) is 1. The summed E-state index contributed by atoms with van der Waals surface area (Å²) in [4.78, 5) is 0. The third kappa shape index (κ3) is 1.59. The maximum Gasteiger partial charge on any atom is 0.0412 e. The Hall–Kier alpha value is -0.530. The molecule has 1 nitrogen and oxygen atoms in total. The quantitative estimate of drug-likeness (QED) is 0.733. The Balaban J connectivity index is 2.55. The van der Waals surface area contributed by atoms with Crippen molar-refractivity contribution in [1.82, 2.24) is 0 Å². The van der Waals surface area contributed by atoms with Crippen LogP contribution in [0.4, 0.5) is 0 Å². The highest BCUT2D eigenvalue weighted by atomic mass is 35.5. The standard InChI is InChI=1S/C11H14ClN/c1-7(13)11-6-9(12)5-8-3-2-4-10(8)11/h5-7H,2-4,13H2,1H3. The molecule has 1 aliphatic rings. The number of nitrogens with two attached hydrogens (primary N) is 1. The summed E-state index contributed by atoms with van der Waals surface area (Å²) in [5, 5.41) is 0.827. The molecule has 0 aromatic heterocycles. The van der Waals surface area contributed by atoms with E-state index in [2.05, 4.69) is 6.07 Å². The van der Waals surface area contributed by atoms with Gasteiger partial charge in [-0.2, -0.15) is 0 Å². The minimum atomic E-state index is 0.102. The van der Waals surface area contributed by atoms with Gasteiger partial charge in [-0.05, 0) is 55.0 Å². The van der Waals surface area contributed by atoms with Gasteiger partial charge in [-0.15, -0.1) is 0 Å². The molecule has 1 unspecified atom stereocenters. The summed E-state index contributed by atoms with van der Waals surface area (Å²) in [5.74, 6) is 0. The Bertz CT molecular complexity index is 331. The van der Waals surface area contributed by atoms with E-state index in [0.29, 0.717) is 0 Å². The van der Waals surface area contributed by atoms with Crippen LogP contribution in [-0.2, 0) is 12.8 Å². The highest BCUT2D eigenvalue weighted by Crippen LogP contribution is 2.31. The van der Waals surface area contributed by atoms with Crippen molar-refractivity contribution < 1.29 is 0 Å². The number of aryl methyl sites for hydroxylation is 1. The van der Waals surface area contributed by atoms with E-state index >= 15 is 0 Å². The second-order valence-electron chi connectivity index (χ2n) is 3.77. The van der Waals surface area contributed by atoms with E-state index < -0.39 is 0 Å². The monoisotopic (exact) mass is 195 g/mol. The van der Waals surface area contributed by atoms with Crippen molar-refractivity contribution >= 4 is 11.6 Å². The first-order chi connectivity index (χ1) is 6.18. The predicted molar refractivity (Wildman–Crippen MR) is 56.1 cm³/mol. The van der Waals surface area contributed by atoms with Crippen molar-refractivity contribution in [3.05, 3.63) is 33.8 Å². The van der Waals surface area contributed by atoms with E-state index in [1.807, 2.05) is 13.0 Å². The average molecular weight is 196 g/mol. The molecular weight excluding hydrogens is 182 g/mol. The Morgan fingerprint density at radius 1 is 1.38 bits per heavy atom. The zero-order chi connectivity index (χ0) is 9.42. The molecule has 0 aliphatic heterocycles. The zero-order valence-electron chi connectivity index (χ0n) is 7.81. The van der Waals surface area contributed by atoms with E-state index in [0.717, 1.165) is 11.4 Å². The van der Waals surface area contributed by atoms with Gasteiger partial charge in [0.15, 0.2) is 0 Å². The number of rotatable bonds is 1. The molecule has 1 aromatic rings. The summed E-state index contributed by atoms with van der Waals surface area (Å²) >= 11 is 6.02. The fourth-order valence-electron chi connectivity index (χ4n) is 2.11. The molecule has 1 aliphatic carbocycles. The molecule has 0 saturated heterocycles. The molecule has 13 heavy (non-hydrogen) atoms. The van der Waals surface area contributed by atoms with E-state index in [9.17, 15) is 0 Å². The van der Waals surface area contributed by atoms with Crippen LogP contribution in [0.5, 0.6) is 0 Å². The Morgan fingerprint density at radius 3 is 2.85 bits per heavy atom. The SMILES string of the molecule is CC(N)c1cc(Cl)cc2c1CCC2. The highest BCUT2D eigenvalue weighted by molar-refractivity contribution is 6.30. The van der Waals surface area contributed by atoms with Crippen molar-refractivity contribution in [1.29, 1.82) is 0 Å². The maximum atomic E-state index is 6.02. The molecule has 2 N–H and O–H groups in total. The zero-order valence-corrected chi connectivity index (χ0v) is 8.56. The minimum absolute atomic E-state index is 0.102. The van der Waals surface area contributed by atoms with Gasteiger partial charge in [-0.25, -0.2) is 0 Å². The van der Waals surface area contributed by atoms with Gasteiger partial charge in [-0.1, -0.05) is 11.6 Å². The molecule has 70 valence electrons. The molecule has 0 fully saturated rings. The highest BCUT2D eigenvalue weighted by Gasteiger charge is 2.17. The molecule has 2 heteroatoms. The first kappa shape index (κ1) is 9.04. The van der Waals surface area contributed by atoms with Gasteiger partial charge < -0.3 is 5.73 Å². The molecule has 0 amide bonds. The molecule has 0 radical (unpaired) electrons. The molecule has 0 heterocycles. The average Bonchev–Trinajstić information content (AvgIpc) is 2.49. The van der Waals surface area contributed by atoms with Crippen LogP contribution < -0.4 is 5.73 Å². The smallest absolute Gasteiger partial charge is 0.0412 e. The van der Waals surface area contributed by atoms with Crippen LogP contribution in [0.2, 0.25) is 5.02 Å². The number of fused-ring (bicyclic) bond motifs is 1. The van der Waals surface area contributed by atoms with Crippen LogP contribution in [0.15, 0.2) is 12.1 Å². The predicted octanol–water partition coefficient (Wildman–Crippen LogP) is 2.85. The van der Waals surface area contributed by atoms with E-state index in [4.69, 9.17) is 17.3 Å². The summed E-state index contributed by atoms with van der Waals surface area (Å²) in [6, 6.07) is 4.19. The van der Waals surface area contributed by atoms with Crippen LogP contribution in [0.1, 0.15) is 36.1 Å². The van der Waals surface area contributed by atoms with Crippen molar-refractivity contribution in [2.45, 2.75) is 32.2 Å². The molecule has 1 aromatic carbocycles. The number of halogens is 1. The fourth-order valence-corrected chi connectivity index (χ4v) is 2.36. The van der Waals surface area contributed by atoms with Crippen LogP contribution >= 0.6 is 11.6 Å². The van der Waals surface area contributed by atoms with Gasteiger partial charge in [0.25, 0.3) is 0 Å². The lowest BCUT2D eigenvalue weighted by atomic mass is 9.99. The van der Waals surface area contributed by atoms with E-state index in [1.54, 1.807) is 0 Å². The van der Waals surface area contributed by atoms with E-state index in [-0.39, 0.29) is 6.04 Å².